The van der Waals surface area contributed by atoms with Gasteiger partial charge in [-0.05, 0) is 24.6 Å². The number of rotatable bonds is 2. The number of nitrogens with two attached hydrogens (primary N) is 1. The number of amidine groups is 1. The molecule has 0 unspecified atom stereocenters. The van der Waals surface area contributed by atoms with Crippen molar-refractivity contribution in [3.8, 4) is 0 Å². The highest BCUT2D eigenvalue weighted by atomic mass is 32.2. The van der Waals surface area contributed by atoms with Crippen LogP contribution in [0.15, 0.2) is 29.2 Å². The number of nitrogens with one attached hydrogen (secondary N) is 1. The molecule has 0 aromatic carbocycles. The van der Waals surface area contributed by atoms with Crippen molar-refractivity contribution < 1.29 is 0 Å². The molecule has 0 fully saturated rings. The normalized spacial score (nSPS) is 10.6. The Kier molecular flexibility index (Phi) is 3.14. The van der Waals surface area contributed by atoms with Crippen LogP contribution < -0.4 is 11.3 Å². The molecule has 2 aromatic rings. The molecule has 0 aliphatic carbocycles. The molecule has 0 radical (unpaired) electrons. The number of hydrogen-bond acceptors (Lipinski definition) is 4. The van der Waals surface area contributed by atoms with Gasteiger partial charge in [-0.3, -0.25) is 14.6 Å². The fraction of sp³-hybridized carbons (Fsp3) is 0.182. The van der Waals surface area contributed by atoms with Crippen molar-refractivity contribution in [2.75, 3.05) is 0 Å². The summed E-state index contributed by atoms with van der Waals surface area (Å²) in [4.78, 5) is 16.1. The summed E-state index contributed by atoms with van der Waals surface area (Å²) in [5, 5.41) is 7.15. The lowest BCUT2D eigenvalue weighted by Gasteiger charge is -2.04. The van der Waals surface area contributed by atoms with E-state index in [4.69, 9.17) is 11.1 Å². The first kappa shape index (κ1) is 11.7. The maximum Gasteiger partial charge on any atom is 0.258 e. The lowest BCUT2D eigenvalue weighted by molar-refractivity contribution is 1.01. The number of aryl methyl sites for hydroxylation is 1. The van der Waals surface area contributed by atoms with E-state index in [9.17, 15) is 4.79 Å². The van der Waals surface area contributed by atoms with Gasteiger partial charge in [0.25, 0.3) is 5.56 Å². The van der Waals surface area contributed by atoms with Crippen molar-refractivity contribution in [1.82, 2.24) is 9.38 Å². The Balaban J connectivity index is 2.46. The van der Waals surface area contributed by atoms with E-state index < -0.39 is 0 Å². The second kappa shape index (κ2) is 4.58. The molecule has 0 atom stereocenters. The predicted molar refractivity (Wildman–Crippen MR) is 69.4 cm³/mol. The van der Waals surface area contributed by atoms with Gasteiger partial charge in [0.05, 0.1) is 5.69 Å². The molecular weight excluding hydrogens is 236 g/mol. The second-order valence-electron chi connectivity index (χ2n) is 3.67. The minimum Gasteiger partial charge on any atom is -0.379 e. The maximum absolute atomic E-state index is 11.8. The number of thioether (sulfide) groups is 1. The predicted octanol–water partition coefficient (Wildman–Crippen LogP) is 1.13. The Hall–Kier alpha value is -1.82. The van der Waals surface area contributed by atoms with Gasteiger partial charge in [-0.2, -0.15) is 0 Å². The number of nitrogens with zero attached hydrogens (tertiary/aromatic N) is 2. The van der Waals surface area contributed by atoms with Crippen molar-refractivity contribution in [1.29, 1.82) is 5.41 Å². The summed E-state index contributed by atoms with van der Waals surface area (Å²) in [6, 6.07) is 5.18. The van der Waals surface area contributed by atoms with Gasteiger partial charge in [0, 0.05) is 18.0 Å². The Morgan fingerprint density at radius 1 is 1.59 bits per heavy atom. The number of fused-ring (bicyclic) bond motifs is 1. The van der Waals surface area contributed by atoms with Gasteiger partial charge < -0.3 is 5.73 Å². The van der Waals surface area contributed by atoms with Crippen LogP contribution in [0.5, 0.6) is 0 Å². The van der Waals surface area contributed by atoms with E-state index in [-0.39, 0.29) is 10.7 Å². The third-order valence-electron chi connectivity index (χ3n) is 2.25. The van der Waals surface area contributed by atoms with Crippen LogP contribution in [0.25, 0.3) is 5.65 Å². The Bertz CT molecular complexity index is 635. The third kappa shape index (κ3) is 2.65. The monoisotopic (exact) mass is 248 g/mol. The van der Waals surface area contributed by atoms with Crippen LogP contribution in [0, 0.1) is 12.3 Å². The zero-order chi connectivity index (χ0) is 12.4. The molecule has 0 aliphatic heterocycles. The SMILES string of the molecule is Cc1ccn2c(=O)cc(CSC(=N)N)nc2c1. The molecule has 0 saturated heterocycles. The van der Waals surface area contributed by atoms with Gasteiger partial charge in [0.15, 0.2) is 5.17 Å². The summed E-state index contributed by atoms with van der Waals surface area (Å²) in [6.07, 6.45) is 1.71. The first-order valence-electron chi connectivity index (χ1n) is 5.02. The molecular formula is C11H12N4OS. The highest BCUT2D eigenvalue weighted by Gasteiger charge is 2.03. The first-order chi connectivity index (χ1) is 8.06. The van der Waals surface area contributed by atoms with Gasteiger partial charge in [-0.15, -0.1) is 0 Å². The smallest absolute Gasteiger partial charge is 0.258 e. The summed E-state index contributed by atoms with van der Waals surface area (Å²) < 4.78 is 1.49. The number of pyridine rings is 1. The van der Waals surface area contributed by atoms with E-state index in [1.54, 1.807) is 6.20 Å². The Morgan fingerprint density at radius 2 is 2.35 bits per heavy atom. The topological polar surface area (TPSA) is 84.2 Å². The minimum absolute atomic E-state index is 0.0243. The molecule has 6 heteroatoms. The molecule has 5 nitrogen and oxygen atoms in total. The van der Waals surface area contributed by atoms with Crippen LogP contribution >= 0.6 is 11.8 Å². The lowest BCUT2D eigenvalue weighted by Crippen LogP contribution is -2.15. The van der Waals surface area contributed by atoms with E-state index in [2.05, 4.69) is 4.98 Å². The van der Waals surface area contributed by atoms with Gasteiger partial charge in [0.1, 0.15) is 5.65 Å². The largest absolute Gasteiger partial charge is 0.379 e. The highest BCUT2D eigenvalue weighted by Crippen LogP contribution is 2.09. The molecule has 0 bridgehead atoms. The van der Waals surface area contributed by atoms with Gasteiger partial charge in [-0.25, -0.2) is 4.98 Å². The summed E-state index contributed by atoms with van der Waals surface area (Å²) in [5.74, 6) is 0.439. The molecule has 0 amide bonds. The van der Waals surface area contributed by atoms with Crippen LogP contribution in [-0.4, -0.2) is 14.6 Å². The van der Waals surface area contributed by atoms with E-state index in [0.29, 0.717) is 17.1 Å². The van der Waals surface area contributed by atoms with Gasteiger partial charge in [-0.1, -0.05) is 11.8 Å². The standard InChI is InChI=1S/C11H12N4OS/c1-7-2-3-15-9(4-7)14-8(5-10(15)16)6-17-11(12)13/h2-5H,6H2,1H3,(H3,12,13). The zero-order valence-corrected chi connectivity index (χ0v) is 10.1. The van der Waals surface area contributed by atoms with Crippen molar-refractivity contribution >= 4 is 22.6 Å². The average molecular weight is 248 g/mol. The number of hydrogen-bond donors (Lipinski definition) is 2. The maximum atomic E-state index is 11.8. The van der Waals surface area contributed by atoms with E-state index >= 15 is 0 Å². The molecule has 2 rings (SSSR count). The summed E-state index contributed by atoms with van der Waals surface area (Å²) in [5.41, 5.74) is 7.44. The molecule has 88 valence electrons. The number of aromatic nitrogens is 2. The molecule has 0 aliphatic rings. The molecule has 0 spiro atoms. The van der Waals surface area contributed by atoms with Crippen LogP contribution in [0.3, 0.4) is 0 Å². The highest BCUT2D eigenvalue weighted by molar-refractivity contribution is 8.13. The van der Waals surface area contributed by atoms with E-state index in [0.717, 1.165) is 17.3 Å². The fourth-order valence-corrected chi connectivity index (χ4v) is 1.93. The first-order valence-corrected chi connectivity index (χ1v) is 6.00. The van der Waals surface area contributed by atoms with Crippen molar-refractivity contribution in [3.63, 3.8) is 0 Å². The van der Waals surface area contributed by atoms with Crippen LogP contribution in [0.1, 0.15) is 11.3 Å². The lowest BCUT2D eigenvalue weighted by atomic mass is 10.3. The van der Waals surface area contributed by atoms with Crippen LogP contribution in [0.4, 0.5) is 0 Å². The Labute approximate surface area is 102 Å². The molecule has 17 heavy (non-hydrogen) atoms. The third-order valence-corrected chi connectivity index (χ3v) is 3.00. The van der Waals surface area contributed by atoms with Crippen LogP contribution in [0.2, 0.25) is 0 Å². The van der Waals surface area contributed by atoms with Crippen molar-refractivity contribution in [2.45, 2.75) is 12.7 Å². The van der Waals surface area contributed by atoms with Crippen molar-refractivity contribution in [3.05, 3.63) is 46.0 Å². The summed E-state index contributed by atoms with van der Waals surface area (Å²) in [7, 11) is 0. The molecule has 0 saturated carbocycles. The molecule has 2 heterocycles. The quantitative estimate of drug-likeness (QED) is 0.616. The van der Waals surface area contributed by atoms with E-state index in [1.807, 2.05) is 19.1 Å². The summed E-state index contributed by atoms with van der Waals surface area (Å²) >= 11 is 1.16. The minimum atomic E-state index is -0.117. The van der Waals surface area contributed by atoms with Gasteiger partial charge in [0.2, 0.25) is 0 Å². The molecule has 3 N–H and O–H groups in total. The zero-order valence-electron chi connectivity index (χ0n) is 9.30. The van der Waals surface area contributed by atoms with Crippen LogP contribution in [-0.2, 0) is 5.75 Å². The summed E-state index contributed by atoms with van der Waals surface area (Å²) in [6.45, 7) is 1.95. The second-order valence-corrected chi connectivity index (χ2v) is 4.69. The average Bonchev–Trinajstić information content (AvgIpc) is 2.25. The van der Waals surface area contributed by atoms with E-state index in [1.165, 1.54) is 10.5 Å². The molecule has 2 aromatic heterocycles. The van der Waals surface area contributed by atoms with Crippen molar-refractivity contribution in [2.24, 2.45) is 5.73 Å². The Morgan fingerprint density at radius 3 is 3.06 bits per heavy atom. The fourth-order valence-electron chi connectivity index (χ4n) is 1.48. The van der Waals surface area contributed by atoms with Gasteiger partial charge >= 0.3 is 0 Å².